The molecule has 0 aliphatic carbocycles. The first-order chi connectivity index (χ1) is 5.57. The third-order valence-corrected chi connectivity index (χ3v) is 2.07. The number of rotatable bonds is 3. The maximum absolute atomic E-state index is 11.4. The van der Waals surface area contributed by atoms with Gasteiger partial charge in [0.15, 0.2) is 0 Å². The molecule has 0 radical (unpaired) electrons. The summed E-state index contributed by atoms with van der Waals surface area (Å²) in [6, 6.07) is 0. The first-order valence-electron chi connectivity index (χ1n) is 4.37. The maximum atomic E-state index is 11.4. The van der Waals surface area contributed by atoms with Crippen LogP contribution in [0.25, 0.3) is 0 Å². The van der Waals surface area contributed by atoms with Crippen molar-refractivity contribution in [3.05, 3.63) is 0 Å². The fourth-order valence-electron chi connectivity index (χ4n) is 0.558. The van der Waals surface area contributed by atoms with Gasteiger partial charge in [-0.3, -0.25) is 4.79 Å². The summed E-state index contributed by atoms with van der Waals surface area (Å²) < 4.78 is 0. The topological polar surface area (TPSA) is 75.3 Å². The van der Waals surface area contributed by atoms with Crippen molar-refractivity contribution in [2.45, 2.75) is 51.8 Å². The lowest BCUT2D eigenvalue weighted by molar-refractivity contribution is -0.128. The van der Waals surface area contributed by atoms with Crippen LogP contribution >= 0.6 is 0 Å². The predicted octanol–water partition coefficient (Wildman–Crippen LogP) is -0.000700. The summed E-state index contributed by atoms with van der Waals surface area (Å²) in [6.45, 7) is 8.38. The van der Waals surface area contributed by atoms with E-state index in [1.165, 1.54) is 0 Å². The second kappa shape index (κ2) is 3.64. The molecule has 4 N–H and O–H groups in total. The van der Waals surface area contributed by atoms with Crippen LogP contribution in [0, 0.1) is 0 Å². The lowest BCUT2D eigenvalue weighted by Gasteiger charge is -2.32. The molecule has 4 nitrogen and oxygen atoms in total. The Balaban J connectivity index is 4.38. The zero-order chi connectivity index (χ0) is 10.9. The van der Waals surface area contributed by atoms with Crippen LogP contribution in [0.4, 0.5) is 0 Å². The summed E-state index contributed by atoms with van der Waals surface area (Å²) in [5.74, 6) is -0.265. The van der Waals surface area contributed by atoms with E-state index in [2.05, 4.69) is 5.32 Å². The Morgan fingerprint density at radius 1 is 1.38 bits per heavy atom. The normalized spacial score (nSPS) is 15.3. The van der Waals surface area contributed by atoms with E-state index in [1.807, 2.05) is 0 Å². The fraction of sp³-hybridized carbons (Fsp3) is 0.889. The van der Waals surface area contributed by atoms with E-state index in [0.717, 1.165) is 0 Å². The Morgan fingerprint density at radius 3 is 2.00 bits per heavy atom. The van der Waals surface area contributed by atoms with E-state index in [0.29, 0.717) is 0 Å². The highest BCUT2D eigenvalue weighted by Crippen LogP contribution is 2.10. The van der Waals surface area contributed by atoms with Gasteiger partial charge in [0.25, 0.3) is 0 Å². The van der Waals surface area contributed by atoms with Crippen molar-refractivity contribution in [1.82, 2.24) is 5.32 Å². The molecule has 0 bridgehead atoms. The van der Waals surface area contributed by atoms with Gasteiger partial charge in [0.1, 0.15) is 0 Å². The fourth-order valence-corrected chi connectivity index (χ4v) is 0.558. The summed E-state index contributed by atoms with van der Waals surface area (Å²) in [7, 11) is 0. The number of aliphatic hydroxyl groups excluding tert-OH is 1. The highest BCUT2D eigenvalue weighted by molar-refractivity contribution is 5.85. The molecule has 13 heavy (non-hydrogen) atoms. The average molecular weight is 188 g/mol. The zero-order valence-electron chi connectivity index (χ0n) is 9.01. The van der Waals surface area contributed by atoms with Crippen LogP contribution < -0.4 is 11.1 Å². The van der Waals surface area contributed by atoms with Gasteiger partial charge in [-0.1, -0.05) is 0 Å². The van der Waals surface area contributed by atoms with Crippen LogP contribution in [0.1, 0.15) is 34.6 Å². The largest absolute Gasteiger partial charge is 0.391 e. The Labute approximate surface area is 79.5 Å². The first kappa shape index (κ1) is 12.4. The summed E-state index contributed by atoms with van der Waals surface area (Å²) in [6.07, 6.45) is -0.612. The van der Waals surface area contributed by atoms with Gasteiger partial charge in [0.2, 0.25) is 5.91 Å². The molecule has 0 aromatic heterocycles. The molecule has 0 aliphatic rings. The number of nitrogens with two attached hydrogens (primary N) is 1. The molecule has 0 saturated carbocycles. The molecule has 0 rings (SSSR count). The Bertz CT molecular complexity index is 192. The maximum Gasteiger partial charge on any atom is 0.240 e. The van der Waals surface area contributed by atoms with Crippen molar-refractivity contribution < 1.29 is 9.90 Å². The second-order valence-corrected chi connectivity index (χ2v) is 4.57. The van der Waals surface area contributed by atoms with Crippen molar-refractivity contribution in [2.75, 3.05) is 0 Å². The molecular formula is C9H20N2O2. The Morgan fingerprint density at radius 2 is 1.77 bits per heavy atom. The van der Waals surface area contributed by atoms with Crippen molar-refractivity contribution in [2.24, 2.45) is 5.73 Å². The van der Waals surface area contributed by atoms with Crippen LogP contribution in [0.15, 0.2) is 0 Å². The minimum atomic E-state index is -0.911. The predicted molar refractivity (Wildman–Crippen MR) is 52.2 cm³/mol. The molecule has 0 aliphatic heterocycles. The quantitative estimate of drug-likeness (QED) is 0.583. The van der Waals surface area contributed by atoms with Gasteiger partial charge >= 0.3 is 0 Å². The minimum Gasteiger partial charge on any atom is -0.391 e. The first-order valence-corrected chi connectivity index (χ1v) is 4.37. The summed E-state index contributed by atoms with van der Waals surface area (Å²) in [4.78, 5) is 11.4. The van der Waals surface area contributed by atoms with E-state index in [4.69, 9.17) is 5.73 Å². The van der Waals surface area contributed by atoms with E-state index in [-0.39, 0.29) is 5.91 Å². The number of carbonyl (C=O) groups excluding carboxylic acids is 1. The highest BCUT2D eigenvalue weighted by atomic mass is 16.3. The van der Waals surface area contributed by atoms with E-state index in [9.17, 15) is 9.90 Å². The molecule has 1 atom stereocenters. The highest BCUT2D eigenvalue weighted by Gasteiger charge is 2.31. The number of amides is 1. The van der Waals surface area contributed by atoms with Crippen molar-refractivity contribution in [1.29, 1.82) is 0 Å². The molecule has 0 spiro atoms. The minimum absolute atomic E-state index is 0.265. The molecule has 1 unspecified atom stereocenters. The Kier molecular flexibility index (Phi) is 3.47. The Hall–Kier alpha value is -0.610. The molecule has 1 amide bonds. The SMILES string of the molecule is CC(O)C(C)(C)NC(=O)C(C)(C)N. The van der Waals surface area contributed by atoms with Crippen LogP contribution in [0.5, 0.6) is 0 Å². The third kappa shape index (κ3) is 3.74. The molecule has 0 aromatic rings. The number of carbonyl (C=O) groups is 1. The molecule has 4 heteroatoms. The number of nitrogens with one attached hydrogen (secondary N) is 1. The smallest absolute Gasteiger partial charge is 0.240 e. The molecule has 0 aromatic carbocycles. The van der Waals surface area contributed by atoms with Crippen molar-refractivity contribution >= 4 is 5.91 Å². The third-order valence-electron chi connectivity index (χ3n) is 2.07. The molecule has 0 saturated heterocycles. The van der Waals surface area contributed by atoms with Gasteiger partial charge in [0, 0.05) is 0 Å². The molecule has 78 valence electrons. The van der Waals surface area contributed by atoms with E-state index < -0.39 is 17.2 Å². The van der Waals surface area contributed by atoms with Gasteiger partial charge in [-0.2, -0.15) is 0 Å². The van der Waals surface area contributed by atoms with E-state index >= 15 is 0 Å². The monoisotopic (exact) mass is 188 g/mol. The van der Waals surface area contributed by atoms with Gasteiger partial charge in [-0.05, 0) is 34.6 Å². The average Bonchev–Trinajstić information content (AvgIpc) is 1.83. The molecular weight excluding hydrogens is 168 g/mol. The van der Waals surface area contributed by atoms with Gasteiger partial charge in [-0.15, -0.1) is 0 Å². The van der Waals surface area contributed by atoms with Crippen molar-refractivity contribution in [3.63, 3.8) is 0 Å². The van der Waals surface area contributed by atoms with E-state index in [1.54, 1.807) is 34.6 Å². The van der Waals surface area contributed by atoms with Gasteiger partial charge in [-0.25, -0.2) is 0 Å². The van der Waals surface area contributed by atoms with Crippen LogP contribution in [-0.4, -0.2) is 28.2 Å². The summed E-state index contributed by atoms with van der Waals surface area (Å²) >= 11 is 0. The second-order valence-electron chi connectivity index (χ2n) is 4.57. The lowest BCUT2D eigenvalue weighted by Crippen LogP contribution is -2.59. The summed E-state index contributed by atoms with van der Waals surface area (Å²) in [5.41, 5.74) is 4.04. The van der Waals surface area contributed by atoms with Gasteiger partial charge < -0.3 is 16.2 Å². The van der Waals surface area contributed by atoms with Gasteiger partial charge in [0.05, 0.1) is 17.2 Å². The number of hydrogen-bond acceptors (Lipinski definition) is 3. The molecule has 0 fully saturated rings. The van der Waals surface area contributed by atoms with Crippen molar-refractivity contribution in [3.8, 4) is 0 Å². The van der Waals surface area contributed by atoms with Crippen LogP contribution in [-0.2, 0) is 4.79 Å². The van der Waals surface area contributed by atoms with Crippen LogP contribution in [0.3, 0.4) is 0 Å². The standard InChI is InChI=1S/C9H20N2O2/c1-6(12)9(4,5)11-7(13)8(2,3)10/h6,12H,10H2,1-5H3,(H,11,13). The van der Waals surface area contributed by atoms with Crippen LogP contribution in [0.2, 0.25) is 0 Å². The number of aliphatic hydroxyl groups is 1. The zero-order valence-corrected chi connectivity index (χ0v) is 9.01. The number of hydrogen-bond donors (Lipinski definition) is 3. The summed E-state index contributed by atoms with van der Waals surface area (Å²) in [5, 5.41) is 12.0. The lowest BCUT2D eigenvalue weighted by atomic mass is 9.96. The molecule has 0 heterocycles.